The molecule has 0 unspecified atom stereocenters. The van der Waals surface area contributed by atoms with E-state index >= 15 is 0 Å². The van der Waals surface area contributed by atoms with Gasteiger partial charge >= 0.3 is 17.9 Å². The summed E-state index contributed by atoms with van der Waals surface area (Å²) in [6.07, 6.45) is -0.324. The molecule has 0 aromatic heterocycles. The Balaban J connectivity index is 2.52. The molecule has 0 atom stereocenters. The first kappa shape index (κ1) is 22.4. The van der Waals surface area contributed by atoms with Crippen molar-refractivity contribution >= 4 is 29.5 Å². The van der Waals surface area contributed by atoms with Gasteiger partial charge in [0.25, 0.3) is 0 Å². The van der Waals surface area contributed by atoms with Crippen molar-refractivity contribution in [2.24, 2.45) is 0 Å². The van der Waals surface area contributed by atoms with Crippen LogP contribution >= 0.6 is 0 Å². The van der Waals surface area contributed by atoms with Crippen LogP contribution in [0.1, 0.15) is 70.7 Å². The lowest BCUT2D eigenvalue weighted by molar-refractivity contribution is 0.0514. The number of aromatic carboxylic acids is 2. The number of carbonyl (C=O) groups excluding carboxylic acids is 3. The van der Waals surface area contributed by atoms with Gasteiger partial charge in [-0.1, -0.05) is 12.1 Å². The maximum Gasteiger partial charge on any atom is 0.338 e. The topological polar surface area (TPSA) is 155 Å². The monoisotopic (exact) mass is 414 g/mol. The van der Waals surface area contributed by atoms with Gasteiger partial charge in [0.2, 0.25) is 0 Å². The number of esters is 1. The van der Waals surface area contributed by atoms with Gasteiger partial charge in [-0.2, -0.15) is 0 Å². The minimum absolute atomic E-state index is 0.0408. The molecule has 0 spiro atoms. The summed E-state index contributed by atoms with van der Waals surface area (Å²) < 4.78 is 4.80. The summed E-state index contributed by atoms with van der Waals surface area (Å²) in [7, 11) is 0. The number of carboxylic acid groups (broad SMARTS) is 2. The van der Waals surface area contributed by atoms with E-state index in [1.807, 2.05) is 0 Å². The number of rotatable bonds is 9. The molecule has 0 bridgehead atoms. The highest BCUT2D eigenvalue weighted by Gasteiger charge is 2.23. The van der Waals surface area contributed by atoms with Crippen LogP contribution in [0.5, 0.6) is 0 Å². The van der Waals surface area contributed by atoms with Crippen LogP contribution in [0.25, 0.3) is 0 Å². The van der Waals surface area contributed by atoms with Crippen LogP contribution in [-0.2, 0) is 4.74 Å². The van der Waals surface area contributed by atoms with Crippen LogP contribution in [0.2, 0.25) is 0 Å². The molecular weight excluding hydrogens is 396 g/mol. The Morgan fingerprint density at radius 1 is 0.800 bits per heavy atom. The molecule has 2 aromatic carbocycles. The van der Waals surface area contributed by atoms with E-state index < -0.39 is 41.6 Å². The zero-order chi connectivity index (χ0) is 22.4. The zero-order valence-electron chi connectivity index (χ0n) is 15.9. The summed E-state index contributed by atoms with van der Waals surface area (Å²) in [5.41, 5.74) is -1.36. The highest BCUT2D eigenvalue weighted by Crippen LogP contribution is 2.20. The third-order valence-electron chi connectivity index (χ3n) is 4.16. The third-order valence-corrected chi connectivity index (χ3v) is 4.16. The van der Waals surface area contributed by atoms with E-state index in [-0.39, 0.29) is 40.8 Å². The van der Waals surface area contributed by atoms with Crippen molar-refractivity contribution < 1.29 is 44.0 Å². The smallest absolute Gasteiger partial charge is 0.338 e. The van der Waals surface area contributed by atoms with Gasteiger partial charge in [-0.05, 0) is 31.2 Å². The summed E-state index contributed by atoms with van der Waals surface area (Å²) in [6.45, 7) is 1.11. The molecule has 30 heavy (non-hydrogen) atoms. The van der Waals surface area contributed by atoms with Crippen LogP contribution in [-0.4, -0.2) is 58.0 Å². The molecule has 3 N–H and O–H groups in total. The van der Waals surface area contributed by atoms with Crippen molar-refractivity contribution in [2.75, 3.05) is 13.2 Å². The van der Waals surface area contributed by atoms with Gasteiger partial charge in [-0.15, -0.1) is 0 Å². The minimum atomic E-state index is -1.44. The number of hydrogen-bond donors (Lipinski definition) is 3. The number of ether oxygens (including phenoxy) is 1. The predicted molar refractivity (Wildman–Crippen MR) is 102 cm³/mol. The number of carboxylic acids is 2. The quantitative estimate of drug-likeness (QED) is 0.413. The van der Waals surface area contributed by atoms with Crippen molar-refractivity contribution in [3.8, 4) is 0 Å². The van der Waals surface area contributed by atoms with Crippen LogP contribution in [0.3, 0.4) is 0 Å². The number of aliphatic hydroxyl groups excluding tert-OH is 1. The van der Waals surface area contributed by atoms with Gasteiger partial charge < -0.3 is 20.1 Å². The maximum absolute atomic E-state index is 12.8. The number of hydrogen-bond acceptors (Lipinski definition) is 7. The van der Waals surface area contributed by atoms with Gasteiger partial charge in [0.1, 0.15) is 0 Å². The summed E-state index contributed by atoms with van der Waals surface area (Å²) in [5.74, 6) is -5.00. The number of carbonyl (C=O) groups is 5. The fourth-order valence-corrected chi connectivity index (χ4v) is 2.75. The van der Waals surface area contributed by atoms with Gasteiger partial charge in [0, 0.05) is 23.1 Å². The summed E-state index contributed by atoms with van der Waals surface area (Å²) in [6, 6.07) is 6.77. The number of ketones is 2. The first-order valence-corrected chi connectivity index (χ1v) is 8.81. The highest BCUT2D eigenvalue weighted by atomic mass is 16.5. The first-order valence-electron chi connectivity index (χ1n) is 8.81. The second-order valence-electron chi connectivity index (χ2n) is 6.08. The molecule has 0 saturated carbocycles. The molecule has 156 valence electrons. The Bertz CT molecular complexity index is 1040. The molecule has 0 aliphatic carbocycles. The molecule has 2 rings (SSSR count). The standard InChI is InChI=1S/C21H18O9/c1-2-30-21(29)14-6-4-12(10-16(14)20(27)28)18(24)11-3-5-13(19(25)26)15(9-11)17(23)7-8-22/h3-6,9-10,22H,2,7-8H2,1H3,(H,25,26)(H,27,28). The van der Waals surface area contributed by atoms with Crippen LogP contribution in [0, 0.1) is 0 Å². The van der Waals surface area contributed by atoms with E-state index in [4.69, 9.17) is 9.84 Å². The molecule has 0 amide bonds. The molecule has 2 aromatic rings. The Morgan fingerprint density at radius 3 is 1.83 bits per heavy atom. The Hall–Kier alpha value is -3.85. The van der Waals surface area contributed by atoms with Crippen molar-refractivity contribution in [2.45, 2.75) is 13.3 Å². The van der Waals surface area contributed by atoms with Crippen molar-refractivity contribution in [1.82, 2.24) is 0 Å². The molecule has 0 saturated heterocycles. The highest BCUT2D eigenvalue weighted by molar-refractivity contribution is 6.14. The normalized spacial score (nSPS) is 10.3. The Morgan fingerprint density at radius 2 is 1.33 bits per heavy atom. The van der Waals surface area contributed by atoms with E-state index in [1.165, 1.54) is 12.1 Å². The molecular formula is C21H18O9. The molecule has 9 nitrogen and oxygen atoms in total. The number of Topliss-reactive ketones (excluding diaryl/α,β-unsaturated/α-hetero) is 1. The van der Waals surface area contributed by atoms with Gasteiger partial charge in [0.05, 0.1) is 29.9 Å². The number of aliphatic hydroxyl groups is 1. The summed E-state index contributed by atoms with van der Waals surface area (Å²) in [4.78, 5) is 59.8. The molecule has 0 radical (unpaired) electrons. The first-order chi connectivity index (χ1) is 14.2. The third kappa shape index (κ3) is 4.76. The van der Waals surface area contributed by atoms with Gasteiger partial charge in [0.15, 0.2) is 11.6 Å². The van der Waals surface area contributed by atoms with Gasteiger partial charge in [-0.25, -0.2) is 14.4 Å². The Labute approximate surface area is 170 Å². The lowest BCUT2D eigenvalue weighted by Crippen LogP contribution is -2.14. The maximum atomic E-state index is 12.8. The van der Waals surface area contributed by atoms with E-state index in [1.54, 1.807) is 6.92 Å². The van der Waals surface area contributed by atoms with E-state index in [9.17, 15) is 34.2 Å². The van der Waals surface area contributed by atoms with E-state index in [0.29, 0.717) is 0 Å². The lowest BCUT2D eigenvalue weighted by atomic mass is 9.93. The minimum Gasteiger partial charge on any atom is -0.478 e. The summed E-state index contributed by atoms with van der Waals surface area (Å²) in [5, 5.41) is 27.6. The largest absolute Gasteiger partial charge is 0.478 e. The molecule has 0 fully saturated rings. The van der Waals surface area contributed by atoms with Crippen LogP contribution in [0.4, 0.5) is 0 Å². The molecule has 0 aliphatic rings. The second-order valence-corrected chi connectivity index (χ2v) is 6.08. The summed E-state index contributed by atoms with van der Waals surface area (Å²) >= 11 is 0. The number of benzene rings is 2. The van der Waals surface area contributed by atoms with E-state index in [0.717, 1.165) is 24.3 Å². The van der Waals surface area contributed by atoms with E-state index in [2.05, 4.69) is 0 Å². The molecule has 0 aliphatic heterocycles. The zero-order valence-corrected chi connectivity index (χ0v) is 15.9. The Kier molecular flexibility index (Phi) is 7.16. The second kappa shape index (κ2) is 9.57. The van der Waals surface area contributed by atoms with Crippen molar-refractivity contribution in [3.05, 3.63) is 69.8 Å². The van der Waals surface area contributed by atoms with Crippen molar-refractivity contribution in [3.63, 3.8) is 0 Å². The van der Waals surface area contributed by atoms with Crippen LogP contribution < -0.4 is 0 Å². The average Bonchev–Trinajstić information content (AvgIpc) is 2.72. The SMILES string of the molecule is CCOC(=O)c1ccc(C(=O)c2ccc(C(=O)O)c(C(=O)CCO)c2)cc1C(=O)O. The lowest BCUT2D eigenvalue weighted by Gasteiger charge is -2.10. The van der Waals surface area contributed by atoms with Gasteiger partial charge in [-0.3, -0.25) is 9.59 Å². The molecule has 9 heteroatoms. The molecule has 0 heterocycles. The average molecular weight is 414 g/mol. The van der Waals surface area contributed by atoms with Crippen LogP contribution in [0.15, 0.2) is 36.4 Å². The fraction of sp³-hybridized carbons (Fsp3) is 0.190. The van der Waals surface area contributed by atoms with Crippen molar-refractivity contribution in [1.29, 1.82) is 0 Å². The fourth-order valence-electron chi connectivity index (χ4n) is 2.75. The predicted octanol–water partition coefficient (Wildman–Crippen LogP) is 2.06.